The zero-order chi connectivity index (χ0) is 29.2. The van der Waals surface area contributed by atoms with Crippen LogP contribution in [0.5, 0.6) is 0 Å². The van der Waals surface area contributed by atoms with Gasteiger partial charge in [0.2, 0.25) is 11.8 Å². The van der Waals surface area contributed by atoms with E-state index in [1.54, 1.807) is 0 Å². The molecular weight excluding hydrogens is 553 g/mol. The summed E-state index contributed by atoms with van der Waals surface area (Å²) in [4.78, 5) is 39.1. The molecule has 0 aromatic heterocycles. The number of hydrogen-bond donors (Lipinski definition) is 6. The van der Waals surface area contributed by atoms with Crippen molar-refractivity contribution in [3.63, 3.8) is 0 Å². The molecule has 4 atom stereocenters. The Kier molecular flexibility index (Phi) is 13.7. The molecule has 0 spiro atoms. The Balaban J connectivity index is 1.74. The number of urea groups is 1. The van der Waals surface area contributed by atoms with Gasteiger partial charge < -0.3 is 31.5 Å². The van der Waals surface area contributed by atoms with Gasteiger partial charge in [0.05, 0.1) is 17.8 Å². The number of thioether (sulfide) groups is 2. The summed E-state index contributed by atoms with van der Waals surface area (Å²) in [7, 11) is 2.07. The second-order valence-corrected chi connectivity index (χ2v) is 14.5. The zero-order valence-electron chi connectivity index (χ0n) is 24.5. The fourth-order valence-electron chi connectivity index (χ4n) is 5.61. The van der Waals surface area contributed by atoms with Gasteiger partial charge in [-0.25, -0.2) is 4.79 Å². The summed E-state index contributed by atoms with van der Waals surface area (Å²) in [6.07, 6.45) is 4.31. The van der Waals surface area contributed by atoms with Gasteiger partial charge >= 0.3 is 6.03 Å². The molecule has 0 aromatic carbocycles. The Morgan fingerprint density at radius 2 is 1.92 bits per heavy atom. The summed E-state index contributed by atoms with van der Waals surface area (Å²) >= 11 is 7.78. The molecular formula is C27H50N6O3S3. The highest BCUT2D eigenvalue weighted by Gasteiger charge is 2.51. The maximum atomic E-state index is 13.1. The van der Waals surface area contributed by atoms with Crippen LogP contribution in [0.4, 0.5) is 4.79 Å². The number of nitrogens with zero attached hydrogens (tertiary/aromatic N) is 1. The van der Waals surface area contributed by atoms with E-state index in [2.05, 4.69) is 77.8 Å². The number of hydrogen-bond acceptors (Lipinski definition) is 8. The van der Waals surface area contributed by atoms with Crippen LogP contribution in [0.25, 0.3) is 0 Å². The molecule has 224 valence electrons. The van der Waals surface area contributed by atoms with E-state index in [0.29, 0.717) is 19.5 Å². The average Bonchev–Trinajstić information content (AvgIpc) is 3.42. The minimum atomic E-state index is -0.546. The van der Waals surface area contributed by atoms with Crippen LogP contribution in [0.15, 0.2) is 12.3 Å². The SMILES string of the molecule is C=C(CCC(CN(C)CCSC)NC(=O)CS)NCCNC(=O)C(C)(C)CC(C)(C)C1SCC2NC(=O)NC21. The number of carbonyl (C=O) groups excluding carboxylic acids is 3. The minimum absolute atomic E-state index is 0.0268. The lowest BCUT2D eigenvalue weighted by Crippen LogP contribution is -2.48. The van der Waals surface area contributed by atoms with Gasteiger partial charge in [-0.1, -0.05) is 34.3 Å². The van der Waals surface area contributed by atoms with E-state index in [9.17, 15) is 14.4 Å². The van der Waals surface area contributed by atoms with Crippen molar-refractivity contribution in [1.29, 1.82) is 0 Å². The van der Waals surface area contributed by atoms with Crippen LogP contribution in [0, 0.1) is 10.8 Å². The molecule has 5 N–H and O–H groups in total. The second kappa shape index (κ2) is 15.7. The van der Waals surface area contributed by atoms with Crippen LogP contribution in [-0.4, -0.2) is 103 Å². The third-order valence-electron chi connectivity index (χ3n) is 7.41. The van der Waals surface area contributed by atoms with Crippen molar-refractivity contribution in [2.45, 2.75) is 70.3 Å². The predicted molar refractivity (Wildman–Crippen MR) is 169 cm³/mol. The number of amides is 4. The number of thiol groups is 1. The van der Waals surface area contributed by atoms with E-state index in [1.807, 2.05) is 37.4 Å². The lowest BCUT2D eigenvalue weighted by molar-refractivity contribution is -0.131. The summed E-state index contributed by atoms with van der Waals surface area (Å²) in [5.74, 6) is 2.08. The van der Waals surface area contributed by atoms with E-state index in [4.69, 9.17) is 0 Å². The Morgan fingerprint density at radius 1 is 1.23 bits per heavy atom. The highest BCUT2D eigenvalue weighted by atomic mass is 32.2. The first-order chi connectivity index (χ1) is 18.3. The molecule has 39 heavy (non-hydrogen) atoms. The van der Waals surface area contributed by atoms with Gasteiger partial charge in [-0.3, -0.25) is 9.59 Å². The Labute approximate surface area is 249 Å². The summed E-state index contributed by atoms with van der Waals surface area (Å²) in [6.45, 7) is 15.4. The van der Waals surface area contributed by atoms with E-state index >= 15 is 0 Å². The van der Waals surface area contributed by atoms with Crippen LogP contribution in [0.1, 0.15) is 47.0 Å². The number of fused-ring (bicyclic) bond motifs is 1. The van der Waals surface area contributed by atoms with Gasteiger partial charge in [-0.15, -0.1) is 0 Å². The van der Waals surface area contributed by atoms with Crippen LogP contribution in [-0.2, 0) is 9.59 Å². The number of rotatable bonds is 18. The quantitative estimate of drug-likeness (QED) is 0.0811. The zero-order valence-corrected chi connectivity index (χ0v) is 27.1. The van der Waals surface area contributed by atoms with Crippen molar-refractivity contribution in [2.24, 2.45) is 10.8 Å². The first-order valence-corrected chi connectivity index (χ1v) is 16.8. The van der Waals surface area contributed by atoms with Crippen molar-refractivity contribution < 1.29 is 14.4 Å². The minimum Gasteiger partial charge on any atom is -0.387 e. The van der Waals surface area contributed by atoms with Crippen molar-refractivity contribution in [2.75, 3.05) is 56.7 Å². The van der Waals surface area contributed by atoms with E-state index < -0.39 is 5.41 Å². The first kappa shape index (κ1) is 34.0. The molecule has 2 rings (SSSR count). The average molecular weight is 603 g/mol. The summed E-state index contributed by atoms with van der Waals surface area (Å²) in [6, 6.07) is 0.209. The third-order valence-corrected chi connectivity index (χ3v) is 10.1. The molecule has 0 bridgehead atoms. The molecule has 9 nitrogen and oxygen atoms in total. The molecule has 2 fully saturated rings. The highest BCUT2D eigenvalue weighted by Crippen LogP contribution is 2.47. The standard InChI is InChI=1S/C27H50N6O3S3/c1-18(8-9-19(30-21(34)15-37)14-33(6)12-13-38-7)28-10-11-29-24(35)27(4,5)17-26(2,3)23-22-20(16-39-23)31-25(36)32-22/h19-20,22-23,28,37H,1,8-17H2,2-7H3,(H,29,35)(H,30,34)(H2,31,32,36). The van der Waals surface area contributed by atoms with Crippen molar-refractivity contribution in [3.05, 3.63) is 12.3 Å². The third kappa shape index (κ3) is 10.9. The van der Waals surface area contributed by atoms with Gasteiger partial charge in [-0.2, -0.15) is 36.2 Å². The molecule has 0 saturated carbocycles. The summed E-state index contributed by atoms with van der Waals surface area (Å²) in [5.41, 5.74) is 0.219. The fraction of sp³-hybridized carbons (Fsp3) is 0.815. The molecule has 4 unspecified atom stereocenters. The molecule has 2 saturated heterocycles. The number of likely N-dealkylation sites (N-methyl/N-ethyl adjacent to an activating group) is 1. The molecule has 4 amide bonds. The Hall–Kier alpha value is -1.24. The number of allylic oxidation sites excluding steroid dienone is 1. The topological polar surface area (TPSA) is 115 Å². The lowest BCUT2D eigenvalue weighted by atomic mass is 9.71. The van der Waals surface area contributed by atoms with Gasteiger partial charge in [0.15, 0.2) is 0 Å². The Bertz CT molecular complexity index is 857. The highest BCUT2D eigenvalue weighted by molar-refractivity contribution is 8.00. The van der Waals surface area contributed by atoms with Crippen molar-refractivity contribution >= 4 is 54.0 Å². The fourth-order valence-corrected chi connectivity index (χ4v) is 7.91. The van der Waals surface area contributed by atoms with Gasteiger partial charge in [0, 0.05) is 60.1 Å². The second-order valence-electron chi connectivity index (χ2n) is 12.1. The Morgan fingerprint density at radius 3 is 2.59 bits per heavy atom. The molecule has 0 radical (unpaired) electrons. The van der Waals surface area contributed by atoms with Crippen LogP contribution < -0.4 is 26.6 Å². The summed E-state index contributed by atoms with van der Waals surface area (Å²) < 4.78 is 0. The van der Waals surface area contributed by atoms with Gasteiger partial charge in [0.25, 0.3) is 0 Å². The first-order valence-electron chi connectivity index (χ1n) is 13.8. The summed E-state index contributed by atoms with van der Waals surface area (Å²) in [5, 5.41) is 15.8. The maximum absolute atomic E-state index is 13.1. The van der Waals surface area contributed by atoms with E-state index in [1.165, 1.54) is 0 Å². The van der Waals surface area contributed by atoms with Crippen LogP contribution in [0.2, 0.25) is 0 Å². The normalized spacial score (nSPS) is 21.6. The smallest absolute Gasteiger partial charge is 0.315 e. The lowest BCUT2D eigenvalue weighted by Gasteiger charge is -2.39. The molecule has 2 heterocycles. The van der Waals surface area contributed by atoms with Crippen molar-refractivity contribution in [1.82, 2.24) is 31.5 Å². The maximum Gasteiger partial charge on any atom is 0.315 e. The monoisotopic (exact) mass is 602 g/mol. The van der Waals surface area contributed by atoms with Gasteiger partial charge in [0.1, 0.15) is 0 Å². The van der Waals surface area contributed by atoms with E-state index in [-0.39, 0.29) is 52.4 Å². The largest absolute Gasteiger partial charge is 0.387 e. The molecule has 0 aromatic rings. The van der Waals surface area contributed by atoms with Crippen LogP contribution >= 0.6 is 36.2 Å². The number of nitrogens with one attached hydrogen (secondary N) is 5. The molecule has 2 aliphatic rings. The van der Waals surface area contributed by atoms with Gasteiger partial charge in [-0.05, 0) is 38.0 Å². The van der Waals surface area contributed by atoms with Crippen molar-refractivity contribution in [3.8, 4) is 0 Å². The van der Waals surface area contributed by atoms with Crippen LogP contribution in [0.3, 0.4) is 0 Å². The van der Waals surface area contributed by atoms with E-state index in [0.717, 1.165) is 43.1 Å². The molecule has 0 aliphatic carbocycles. The predicted octanol–water partition coefficient (Wildman–Crippen LogP) is 2.30. The molecule has 2 aliphatic heterocycles. The number of carbonyl (C=O) groups is 3. The molecule has 12 heteroatoms.